The molecule has 0 amide bonds. The first kappa shape index (κ1) is 9.51. The summed E-state index contributed by atoms with van der Waals surface area (Å²) in [5, 5.41) is 8.81. The fourth-order valence-electron chi connectivity index (χ4n) is 0.965. The fraction of sp³-hybridized carbons (Fsp3) is 0.250. The van der Waals surface area contributed by atoms with Gasteiger partial charge in [-0.1, -0.05) is 15.9 Å². The topological polar surface area (TPSA) is 72.3 Å². The van der Waals surface area contributed by atoms with Crippen LogP contribution in [0.3, 0.4) is 0 Å². The number of aliphatic hydroxyl groups excluding tert-OH is 1. The molecule has 12 heavy (non-hydrogen) atoms. The predicted molar refractivity (Wildman–Crippen MR) is 52.6 cm³/mol. The van der Waals surface area contributed by atoms with Crippen LogP contribution in [0.4, 0.5) is 5.69 Å². The number of nitrogen functional groups attached to an aromatic ring is 1. The highest BCUT2D eigenvalue weighted by Crippen LogP contribution is 2.22. The molecule has 1 atom stereocenters. The molecule has 0 aliphatic heterocycles. The Morgan fingerprint density at radius 1 is 1.50 bits per heavy atom. The van der Waals surface area contributed by atoms with Crippen molar-refractivity contribution in [3.8, 4) is 0 Å². The second-order valence-corrected chi connectivity index (χ2v) is 3.48. The molecule has 0 spiro atoms. The highest BCUT2D eigenvalue weighted by atomic mass is 79.9. The molecule has 66 valence electrons. The third kappa shape index (κ3) is 1.97. The number of hydrogen-bond donors (Lipinski definition) is 3. The maximum Gasteiger partial charge on any atom is 0.0625 e. The van der Waals surface area contributed by atoms with Crippen LogP contribution in [-0.4, -0.2) is 11.7 Å². The van der Waals surface area contributed by atoms with Crippen LogP contribution in [0.15, 0.2) is 22.7 Å². The summed E-state index contributed by atoms with van der Waals surface area (Å²) < 4.78 is 0.913. The first-order valence-electron chi connectivity index (χ1n) is 3.56. The van der Waals surface area contributed by atoms with Gasteiger partial charge < -0.3 is 16.6 Å². The van der Waals surface area contributed by atoms with Gasteiger partial charge in [-0.15, -0.1) is 0 Å². The lowest BCUT2D eigenvalue weighted by Gasteiger charge is -2.11. The lowest BCUT2D eigenvalue weighted by Crippen LogP contribution is -2.16. The smallest absolute Gasteiger partial charge is 0.0625 e. The third-order valence-electron chi connectivity index (χ3n) is 1.65. The monoisotopic (exact) mass is 230 g/mol. The Balaban J connectivity index is 3.04. The lowest BCUT2D eigenvalue weighted by atomic mass is 10.1. The molecule has 1 aromatic carbocycles. The van der Waals surface area contributed by atoms with Crippen LogP contribution in [0.1, 0.15) is 11.6 Å². The minimum atomic E-state index is -0.400. The number of anilines is 1. The first-order chi connectivity index (χ1) is 5.65. The Morgan fingerprint density at radius 2 is 2.17 bits per heavy atom. The van der Waals surface area contributed by atoms with Crippen molar-refractivity contribution >= 4 is 21.6 Å². The molecule has 0 heterocycles. The van der Waals surface area contributed by atoms with Gasteiger partial charge in [0.15, 0.2) is 0 Å². The molecule has 0 bridgehead atoms. The molecule has 4 heteroatoms. The Morgan fingerprint density at radius 3 is 2.75 bits per heavy atom. The zero-order chi connectivity index (χ0) is 9.14. The second kappa shape index (κ2) is 3.89. The summed E-state index contributed by atoms with van der Waals surface area (Å²) in [4.78, 5) is 0. The van der Waals surface area contributed by atoms with E-state index in [1.165, 1.54) is 0 Å². The summed E-state index contributed by atoms with van der Waals surface area (Å²) in [5.41, 5.74) is 12.6. The maximum atomic E-state index is 8.81. The van der Waals surface area contributed by atoms with Crippen molar-refractivity contribution < 1.29 is 5.11 Å². The largest absolute Gasteiger partial charge is 0.398 e. The van der Waals surface area contributed by atoms with Gasteiger partial charge in [0.25, 0.3) is 0 Å². The molecule has 0 aromatic heterocycles. The standard InChI is InChI=1S/C8H11BrN2O/c9-5-1-2-7(10)6(3-5)8(11)4-12/h1-3,8,12H,4,10-11H2/t8-/m0/s1. The van der Waals surface area contributed by atoms with E-state index in [9.17, 15) is 0 Å². The van der Waals surface area contributed by atoms with Crippen LogP contribution < -0.4 is 11.5 Å². The fourth-order valence-corrected chi connectivity index (χ4v) is 1.34. The van der Waals surface area contributed by atoms with Gasteiger partial charge >= 0.3 is 0 Å². The molecule has 5 N–H and O–H groups in total. The van der Waals surface area contributed by atoms with Crippen LogP contribution in [0.2, 0.25) is 0 Å². The number of aliphatic hydroxyl groups is 1. The number of halogens is 1. The van der Waals surface area contributed by atoms with E-state index in [-0.39, 0.29) is 6.61 Å². The Labute approximate surface area is 79.5 Å². The number of rotatable bonds is 2. The van der Waals surface area contributed by atoms with Gasteiger partial charge in [0.05, 0.1) is 12.6 Å². The lowest BCUT2D eigenvalue weighted by molar-refractivity contribution is 0.268. The van der Waals surface area contributed by atoms with E-state index in [4.69, 9.17) is 16.6 Å². The SMILES string of the molecule is Nc1ccc(Br)cc1[C@@H](N)CO. The molecule has 0 fully saturated rings. The van der Waals surface area contributed by atoms with Gasteiger partial charge in [0, 0.05) is 10.2 Å². The molecule has 1 rings (SSSR count). The van der Waals surface area contributed by atoms with Gasteiger partial charge in [-0.2, -0.15) is 0 Å². The number of hydrogen-bond acceptors (Lipinski definition) is 3. The van der Waals surface area contributed by atoms with Crippen molar-refractivity contribution in [1.29, 1.82) is 0 Å². The van der Waals surface area contributed by atoms with Crippen molar-refractivity contribution in [3.05, 3.63) is 28.2 Å². The summed E-state index contributed by atoms with van der Waals surface area (Å²) >= 11 is 3.30. The van der Waals surface area contributed by atoms with E-state index in [1.807, 2.05) is 12.1 Å². The summed E-state index contributed by atoms with van der Waals surface area (Å²) in [6, 6.07) is 5.01. The molecule has 0 unspecified atom stereocenters. The van der Waals surface area contributed by atoms with Gasteiger partial charge in [-0.05, 0) is 23.8 Å². The third-order valence-corrected chi connectivity index (χ3v) is 2.14. The van der Waals surface area contributed by atoms with Crippen molar-refractivity contribution in [2.75, 3.05) is 12.3 Å². The predicted octanol–water partition coefficient (Wildman–Crippen LogP) is 1.02. The Bertz CT molecular complexity index is 278. The number of nitrogens with two attached hydrogens (primary N) is 2. The van der Waals surface area contributed by atoms with Crippen molar-refractivity contribution in [3.63, 3.8) is 0 Å². The minimum Gasteiger partial charge on any atom is -0.398 e. The molecule has 0 saturated heterocycles. The zero-order valence-electron chi connectivity index (χ0n) is 6.50. The quantitative estimate of drug-likeness (QED) is 0.665. The van der Waals surface area contributed by atoms with Gasteiger partial charge in [0.1, 0.15) is 0 Å². The minimum absolute atomic E-state index is 0.0966. The van der Waals surface area contributed by atoms with Gasteiger partial charge in [0.2, 0.25) is 0 Å². The molecule has 0 radical (unpaired) electrons. The molecule has 1 aromatic rings. The van der Waals surface area contributed by atoms with Crippen LogP contribution in [-0.2, 0) is 0 Å². The van der Waals surface area contributed by atoms with E-state index in [1.54, 1.807) is 6.07 Å². The molecular formula is C8H11BrN2O. The van der Waals surface area contributed by atoms with Gasteiger partial charge in [-0.25, -0.2) is 0 Å². The van der Waals surface area contributed by atoms with Crippen molar-refractivity contribution in [1.82, 2.24) is 0 Å². The second-order valence-electron chi connectivity index (χ2n) is 2.56. The average molecular weight is 231 g/mol. The molecule has 0 aliphatic carbocycles. The summed E-state index contributed by atoms with van der Waals surface area (Å²) in [5.74, 6) is 0. The van der Waals surface area contributed by atoms with Crippen molar-refractivity contribution in [2.24, 2.45) is 5.73 Å². The van der Waals surface area contributed by atoms with E-state index in [2.05, 4.69) is 15.9 Å². The van der Waals surface area contributed by atoms with E-state index >= 15 is 0 Å². The van der Waals surface area contributed by atoms with Crippen molar-refractivity contribution in [2.45, 2.75) is 6.04 Å². The van der Waals surface area contributed by atoms with Gasteiger partial charge in [-0.3, -0.25) is 0 Å². The Kier molecular flexibility index (Phi) is 3.08. The molecule has 0 saturated carbocycles. The normalized spacial score (nSPS) is 12.9. The molecule has 0 aliphatic rings. The average Bonchev–Trinajstić information content (AvgIpc) is 2.08. The van der Waals surface area contributed by atoms with Crippen LogP contribution >= 0.6 is 15.9 Å². The van der Waals surface area contributed by atoms with Crippen LogP contribution in [0.5, 0.6) is 0 Å². The van der Waals surface area contributed by atoms with E-state index in [0.717, 1.165) is 10.0 Å². The molecule has 3 nitrogen and oxygen atoms in total. The summed E-state index contributed by atoms with van der Waals surface area (Å²) in [6.07, 6.45) is 0. The maximum absolute atomic E-state index is 8.81. The highest BCUT2D eigenvalue weighted by molar-refractivity contribution is 9.10. The van der Waals surface area contributed by atoms with E-state index < -0.39 is 6.04 Å². The first-order valence-corrected chi connectivity index (χ1v) is 4.36. The molecular weight excluding hydrogens is 220 g/mol. The zero-order valence-corrected chi connectivity index (χ0v) is 8.08. The van der Waals surface area contributed by atoms with E-state index in [0.29, 0.717) is 5.69 Å². The van der Waals surface area contributed by atoms with Crippen LogP contribution in [0, 0.1) is 0 Å². The summed E-state index contributed by atoms with van der Waals surface area (Å²) in [7, 11) is 0. The van der Waals surface area contributed by atoms with Crippen LogP contribution in [0.25, 0.3) is 0 Å². The number of benzene rings is 1. The Hall–Kier alpha value is -0.580. The summed E-state index contributed by atoms with van der Waals surface area (Å²) in [6.45, 7) is -0.0966. The highest BCUT2D eigenvalue weighted by Gasteiger charge is 2.07.